The number of benzene rings is 1. The molecule has 3 fully saturated rings. The first kappa shape index (κ1) is 21.6. The number of fused-ring (bicyclic) bond motifs is 5. The Hall–Kier alpha value is -2.26. The van der Waals surface area contributed by atoms with Crippen molar-refractivity contribution in [3.05, 3.63) is 29.3 Å². The fraction of sp³-hybridized carbons (Fsp3) is 0.652. The second-order valence-corrected chi connectivity index (χ2v) is 9.27. The maximum atomic E-state index is 14.8. The Morgan fingerprint density at radius 2 is 1.91 bits per heavy atom. The third-order valence-electron chi connectivity index (χ3n) is 7.35. The highest BCUT2D eigenvalue weighted by atomic mass is 19.2. The monoisotopic (exact) mass is 450 g/mol. The zero-order valence-electron chi connectivity index (χ0n) is 17.9. The molecule has 5 aliphatic rings. The smallest absolute Gasteiger partial charge is 0.260 e. The van der Waals surface area contributed by atoms with Crippen molar-refractivity contribution in [1.29, 1.82) is 0 Å². The molecular formula is C23H28F2N2O5. The van der Waals surface area contributed by atoms with E-state index in [2.05, 4.69) is 5.32 Å². The van der Waals surface area contributed by atoms with Crippen molar-refractivity contribution in [3.8, 4) is 5.75 Å². The number of hydrogen-bond donors (Lipinski definition) is 1. The number of carbonyl (C=O) groups is 2. The van der Waals surface area contributed by atoms with E-state index in [1.165, 1.54) is 6.07 Å². The molecule has 1 saturated carbocycles. The Morgan fingerprint density at radius 1 is 1.09 bits per heavy atom. The SMILES string of the molecule is O=C1COC[C@]2(CCCN3C(=O)COc4ccc(F)c(F)c4[C@H]4CC[C@H](CC4)OC[C@@H]32)N1. The summed E-state index contributed by atoms with van der Waals surface area (Å²) in [4.78, 5) is 27.1. The summed E-state index contributed by atoms with van der Waals surface area (Å²) in [5.74, 6) is -2.25. The van der Waals surface area contributed by atoms with Gasteiger partial charge < -0.3 is 24.4 Å². The molecule has 1 aromatic carbocycles. The predicted molar refractivity (Wildman–Crippen MR) is 109 cm³/mol. The number of hydrogen-bond acceptors (Lipinski definition) is 5. The number of morpholine rings is 1. The zero-order chi connectivity index (χ0) is 22.3. The van der Waals surface area contributed by atoms with E-state index in [1.54, 1.807) is 4.90 Å². The predicted octanol–water partition coefficient (Wildman–Crippen LogP) is 2.28. The highest BCUT2D eigenvalue weighted by Crippen LogP contribution is 2.41. The number of halogens is 2. The van der Waals surface area contributed by atoms with Gasteiger partial charge in [0, 0.05) is 12.1 Å². The molecule has 0 unspecified atom stereocenters. The summed E-state index contributed by atoms with van der Waals surface area (Å²) in [5, 5.41) is 3.08. The van der Waals surface area contributed by atoms with E-state index in [1.807, 2.05) is 0 Å². The van der Waals surface area contributed by atoms with Gasteiger partial charge in [0.25, 0.3) is 5.91 Å². The minimum absolute atomic E-state index is 0.00923. The van der Waals surface area contributed by atoms with Crippen molar-refractivity contribution in [3.63, 3.8) is 0 Å². The van der Waals surface area contributed by atoms with Gasteiger partial charge in [0.2, 0.25) is 5.91 Å². The van der Waals surface area contributed by atoms with Crippen molar-refractivity contribution in [2.24, 2.45) is 0 Å². The maximum Gasteiger partial charge on any atom is 0.260 e. The molecule has 174 valence electrons. The van der Waals surface area contributed by atoms with E-state index in [4.69, 9.17) is 14.2 Å². The molecule has 1 N–H and O–H groups in total. The molecule has 4 aliphatic heterocycles. The number of nitrogens with zero attached hydrogens (tertiary/aromatic N) is 1. The number of rotatable bonds is 0. The summed E-state index contributed by atoms with van der Waals surface area (Å²) in [6.07, 6.45) is 4.06. The van der Waals surface area contributed by atoms with Crippen molar-refractivity contribution in [2.75, 3.05) is 33.0 Å². The van der Waals surface area contributed by atoms with Gasteiger partial charge in [-0.1, -0.05) is 0 Å². The van der Waals surface area contributed by atoms with Crippen LogP contribution in [0.2, 0.25) is 0 Å². The van der Waals surface area contributed by atoms with Crippen LogP contribution in [-0.2, 0) is 19.1 Å². The second-order valence-electron chi connectivity index (χ2n) is 9.27. The fourth-order valence-corrected chi connectivity index (χ4v) is 5.75. The largest absolute Gasteiger partial charge is 0.483 e. The van der Waals surface area contributed by atoms with Crippen LogP contribution in [0.3, 0.4) is 0 Å². The van der Waals surface area contributed by atoms with E-state index < -0.39 is 17.2 Å². The van der Waals surface area contributed by atoms with Gasteiger partial charge >= 0.3 is 0 Å². The molecule has 32 heavy (non-hydrogen) atoms. The second kappa shape index (κ2) is 8.59. The van der Waals surface area contributed by atoms with Crippen LogP contribution in [0.15, 0.2) is 12.1 Å². The lowest BCUT2D eigenvalue weighted by molar-refractivity contribution is -0.156. The molecule has 0 aromatic heterocycles. The van der Waals surface area contributed by atoms with Crippen LogP contribution in [0.4, 0.5) is 8.78 Å². The lowest BCUT2D eigenvalue weighted by atomic mass is 9.80. The van der Waals surface area contributed by atoms with Gasteiger partial charge in [-0.05, 0) is 56.6 Å². The van der Waals surface area contributed by atoms with Crippen molar-refractivity contribution in [1.82, 2.24) is 10.2 Å². The molecule has 2 saturated heterocycles. The summed E-state index contributed by atoms with van der Waals surface area (Å²) >= 11 is 0. The van der Waals surface area contributed by atoms with Crippen molar-refractivity contribution >= 4 is 11.8 Å². The Kier molecular flexibility index (Phi) is 5.79. The standard InChI is InChI=1S/C23H28F2N2O5/c24-16-6-7-17-21(22(16)25)14-2-4-15(5-3-14)31-10-18-23(13-30-11-19(28)26-23)8-1-9-27(18)20(29)12-32-17/h6-7,14-15,18H,1-5,8-13H2,(H,26,28)/t14-,15+,18-,23+/m1/s1. The first-order valence-electron chi connectivity index (χ1n) is 11.4. The van der Waals surface area contributed by atoms with E-state index >= 15 is 0 Å². The summed E-state index contributed by atoms with van der Waals surface area (Å²) in [7, 11) is 0. The first-order chi connectivity index (χ1) is 15.5. The first-order valence-corrected chi connectivity index (χ1v) is 11.4. The number of carbonyl (C=O) groups excluding carboxylic acids is 2. The molecule has 2 amide bonds. The minimum Gasteiger partial charge on any atom is -0.483 e. The Labute approximate surface area is 185 Å². The zero-order valence-corrected chi connectivity index (χ0v) is 17.9. The number of ether oxygens (including phenoxy) is 3. The van der Waals surface area contributed by atoms with Crippen LogP contribution >= 0.6 is 0 Å². The topological polar surface area (TPSA) is 77.1 Å². The molecule has 6 rings (SSSR count). The molecule has 9 heteroatoms. The number of piperidine rings is 1. The molecular weight excluding hydrogens is 422 g/mol. The van der Waals surface area contributed by atoms with Gasteiger partial charge in [-0.15, -0.1) is 0 Å². The lowest BCUT2D eigenvalue weighted by Crippen LogP contribution is -2.72. The van der Waals surface area contributed by atoms with Crippen LogP contribution in [0.1, 0.15) is 50.0 Å². The molecule has 2 atom stereocenters. The summed E-state index contributed by atoms with van der Waals surface area (Å²) in [6, 6.07) is 2.06. The van der Waals surface area contributed by atoms with Gasteiger partial charge in [0.05, 0.1) is 30.9 Å². The normalized spacial score (nSPS) is 33.3. The highest BCUT2D eigenvalue weighted by molar-refractivity contribution is 5.81. The van der Waals surface area contributed by atoms with Gasteiger partial charge in [-0.25, -0.2) is 8.78 Å². The van der Waals surface area contributed by atoms with Gasteiger partial charge in [0.1, 0.15) is 12.4 Å². The third-order valence-corrected chi connectivity index (χ3v) is 7.35. The molecule has 1 aliphatic carbocycles. The van der Waals surface area contributed by atoms with E-state index in [0.29, 0.717) is 51.7 Å². The lowest BCUT2D eigenvalue weighted by Gasteiger charge is -2.51. The Balaban J connectivity index is 1.48. The fourth-order valence-electron chi connectivity index (χ4n) is 5.75. The number of nitrogens with one attached hydrogen (secondary N) is 1. The van der Waals surface area contributed by atoms with Crippen molar-refractivity contribution < 1.29 is 32.6 Å². The van der Waals surface area contributed by atoms with Crippen LogP contribution < -0.4 is 10.1 Å². The van der Waals surface area contributed by atoms with Gasteiger partial charge in [-0.2, -0.15) is 0 Å². The van der Waals surface area contributed by atoms with Crippen molar-refractivity contribution in [2.45, 2.75) is 62.1 Å². The number of amides is 2. The van der Waals surface area contributed by atoms with Gasteiger partial charge in [-0.3, -0.25) is 9.59 Å². The molecule has 7 nitrogen and oxygen atoms in total. The molecule has 2 bridgehead atoms. The Morgan fingerprint density at radius 3 is 2.69 bits per heavy atom. The summed E-state index contributed by atoms with van der Waals surface area (Å²) in [6.45, 7) is 0.814. The minimum atomic E-state index is -0.910. The molecule has 1 spiro atoms. The van der Waals surface area contributed by atoms with Crippen LogP contribution in [-0.4, -0.2) is 67.4 Å². The van der Waals surface area contributed by atoms with Crippen LogP contribution in [0, 0.1) is 11.6 Å². The van der Waals surface area contributed by atoms with E-state index in [-0.39, 0.29) is 61.0 Å². The maximum absolute atomic E-state index is 14.8. The third kappa shape index (κ3) is 3.85. The molecule has 1 aromatic rings. The van der Waals surface area contributed by atoms with E-state index in [0.717, 1.165) is 6.07 Å². The quantitative estimate of drug-likeness (QED) is 0.656. The summed E-state index contributed by atoms with van der Waals surface area (Å²) in [5.41, 5.74) is -0.483. The van der Waals surface area contributed by atoms with Crippen LogP contribution in [0.25, 0.3) is 0 Å². The average Bonchev–Trinajstić information content (AvgIpc) is 2.80. The molecule has 0 radical (unpaired) electrons. The van der Waals surface area contributed by atoms with E-state index in [9.17, 15) is 18.4 Å². The average molecular weight is 450 g/mol. The molecule has 4 heterocycles. The van der Waals surface area contributed by atoms with Gasteiger partial charge in [0.15, 0.2) is 18.2 Å². The Bertz CT molecular complexity index is 901. The summed E-state index contributed by atoms with van der Waals surface area (Å²) < 4.78 is 46.4. The highest BCUT2D eigenvalue weighted by Gasteiger charge is 2.50. The van der Waals surface area contributed by atoms with Crippen LogP contribution in [0.5, 0.6) is 5.75 Å².